The molecule has 2 aliphatic rings. The molecule has 0 spiro atoms. The van der Waals surface area contributed by atoms with Crippen molar-refractivity contribution in [3.05, 3.63) is 0 Å². The van der Waals surface area contributed by atoms with Gasteiger partial charge in [-0.15, -0.1) is 0 Å². The molecule has 0 aromatic rings. The maximum absolute atomic E-state index is 12.0. The normalized spacial score (nSPS) is 33.5. The van der Waals surface area contributed by atoms with E-state index in [-0.39, 0.29) is 5.91 Å². The van der Waals surface area contributed by atoms with Crippen molar-refractivity contribution >= 4 is 5.91 Å². The maximum Gasteiger partial charge on any atom is 0.222 e. The average molecular weight is 283 g/mol. The molecule has 4 heteroatoms. The van der Waals surface area contributed by atoms with Crippen LogP contribution in [0.2, 0.25) is 0 Å². The minimum Gasteiger partial charge on any atom is -0.384 e. The number of fused-ring (bicyclic) bond motifs is 1. The van der Waals surface area contributed by atoms with Gasteiger partial charge in [0.2, 0.25) is 5.91 Å². The first kappa shape index (κ1) is 15.8. The molecule has 0 aromatic heterocycles. The van der Waals surface area contributed by atoms with Crippen molar-refractivity contribution in [3.8, 4) is 0 Å². The SMILES string of the molecule is CCC[C@H]1C[C@@H](NC(=O)CCOC)[C@@H]2CCCC[C@H]2O1. The van der Waals surface area contributed by atoms with E-state index in [0.29, 0.717) is 37.2 Å². The van der Waals surface area contributed by atoms with Crippen molar-refractivity contribution in [2.24, 2.45) is 5.92 Å². The summed E-state index contributed by atoms with van der Waals surface area (Å²) >= 11 is 0. The van der Waals surface area contributed by atoms with Gasteiger partial charge in [-0.05, 0) is 25.7 Å². The quantitative estimate of drug-likeness (QED) is 0.815. The van der Waals surface area contributed by atoms with E-state index in [1.165, 1.54) is 19.3 Å². The van der Waals surface area contributed by atoms with Gasteiger partial charge in [0, 0.05) is 25.5 Å². The molecule has 1 aliphatic carbocycles. The largest absolute Gasteiger partial charge is 0.384 e. The molecule has 1 saturated heterocycles. The van der Waals surface area contributed by atoms with Gasteiger partial charge in [-0.3, -0.25) is 4.79 Å². The molecule has 1 amide bonds. The Balaban J connectivity index is 1.93. The fraction of sp³-hybridized carbons (Fsp3) is 0.938. The van der Waals surface area contributed by atoms with Gasteiger partial charge in [-0.1, -0.05) is 26.2 Å². The van der Waals surface area contributed by atoms with Gasteiger partial charge in [-0.25, -0.2) is 0 Å². The summed E-state index contributed by atoms with van der Waals surface area (Å²) in [7, 11) is 1.64. The Morgan fingerprint density at radius 1 is 1.35 bits per heavy atom. The van der Waals surface area contributed by atoms with Gasteiger partial charge < -0.3 is 14.8 Å². The fourth-order valence-electron chi connectivity index (χ4n) is 3.66. The third-order valence-corrected chi connectivity index (χ3v) is 4.64. The third-order valence-electron chi connectivity index (χ3n) is 4.64. The Kier molecular flexibility index (Phi) is 6.30. The van der Waals surface area contributed by atoms with E-state index in [9.17, 15) is 4.79 Å². The van der Waals surface area contributed by atoms with Crippen LogP contribution in [0.1, 0.15) is 58.3 Å². The van der Waals surface area contributed by atoms with Gasteiger partial charge in [-0.2, -0.15) is 0 Å². The summed E-state index contributed by atoms with van der Waals surface area (Å²) in [4.78, 5) is 12.0. The first-order chi connectivity index (χ1) is 9.74. The Bertz CT molecular complexity index is 308. The Labute approximate surface area is 122 Å². The number of carbonyl (C=O) groups excluding carboxylic acids is 1. The molecule has 0 bridgehead atoms. The second-order valence-electron chi connectivity index (χ2n) is 6.19. The second kappa shape index (κ2) is 7.99. The van der Waals surface area contributed by atoms with Crippen molar-refractivity contribution in [1.29, 1.82) is 0 Å². The number of carbonyl (C=O) groups is 1. The lowest BCUT2D eigenvalue weighted by Gasteiger charge is -2.45. The molecule has 1 N–H and O–H groups in total. The zero-order valence-corrected chi connectivity index (χ0v) is 12.9. The molecule has 0 unspecified atom stereocenters. The van der Waals surface area contributed by atoms with E-state index < -0.39 is 0 Å². The topological polar surface area (TPSA) is 47.6 Å². The molecule has 116 valence electrons. The molecule has 0 aromatic carbocycles. The molecule has 2 rings (SSSR count). The van der Waals surface area contributed by atoms with Crippen LogP contribution in [0.4, 0.5) is 0 Å². The Morgan fingerprint density at radius 3 is 2.90 bits per heavy atom. The van der Waals surface area contributed by atoms with Crippen molar-refractivity contribution in [1.82, 2.24) is 5.32 Å². The standard InChI is InChI=1S/C16H29NO3/c1-3-6-12-11-14(17-16(18)9-10-19-2)13-7-4-5-8-15(13)20-12/h12-15H,3-11H2,1-2H3,(H,17,18)/t12-,13-,14+,15+/m0/s1. The van der Waals surface area contributed by atoms with Crippen LogP contribution in [0.3, 0.4) is 0 Å². The highest BCUT2D eigenvalue weighted by Gasteiger charge is 2.39. The maximum atomic E-state index is 12.0. The Hall–Kier alpha value is -0.610. The molecule has 4 nitrogen and oxygen atoms in total. The van der Waals surface area contributed by atoms with Crippen LogP contribution in [0.15, 0.2) is 0 Å². The minimum atomic E-state index is 0.123. The van der Waals surface area contributed by atoms with Gasteiger partial charge in [0.25, 0.3) is 0 Å². The van der Waals surface area contributed by atoms with E-state index in [4.69, 9.17) is 9.47 Å². The zero-order chi connectivity index (χ0) is 14.4. The molecular formula is C16H29NO3. The van der Waals surface area contributed by atoms with Crippen molar-refractivity contribution in [2.45, 2.75) is 76.5 Å². The number of nitrogens with one attached hydrogen (secondary N) is 1. The van der Waals surface area contributed by atoms with E-state index in [0.717, 1.165) is 25.7 Å². The van der Waals surface area contributed by atoms with Crippen molar-refractivity contribution in [3.63, 3.8) is 0 Å². The lowest BCUT2D eigenvalue weighted by Crippen LogP contribution is -2.53. The number of hydrogen-bond donors (Lipinski definition) is 1. The highest BCUT2D eigenvalue weighted by atomic mass is 16.5. The number of ether oxygens (including phenoxy) is 2. The van der Waals surface area contributed by atoms with E-state index in [2.05, 4.69) is 12.2 Å². The lowest BCUT2D eigenvalue weighted by atomic mass is 9.77. The average Bonchev–Trinajstić information content (AvgIpc) is 2.45. The summed E-state index contributed by atoms with van der Waals surface area (Å²) in [6.45, 7) is 2.70. The summed E-state index contributed by atoms with van der Waals surface area (Å²) in [5, 5.41) is 3.24. The Morgan fingerprint density at radius 2 is 2.15 bits per heavy atom. The van der Waals surface area contributed by atoms with E-state index >= 15 is 0 Å². The fourth-order valence-corrected chi connectivity index (χ4v) is 3.66. The minimum absolute atomic E-state index is 0.123. The van der Waals surface area contributed by atoms with E-state index in [1.54, 1.807) is 7.11 Å². The molecule has 2 fully saturated rings. The first-order valence-electron chi connectivity index (χ1n) is 8.18. The summed E-state index contributed by atoms with van der Waals surface area (Å²) in [6.07, 6.45) is 9.28. The van der Waals surface area contributed by atoms with Crippen LogP contribution >= 0.6 is 0 Å². The number of hydrogen-bond acceptors (Lipinski definition) is 3. The predicted molar refractivity (Wildman–Crippen MR) is 78.6 cm³/mol. The summed E-state index contributed by atoms with van der Waals surface area (Å²) in [6, 6.07) is 0.301. The molecule has 20 heavy (non-hydrogen) atoms. The van der Waals surface area contributed by atoms with Gasteiger partial charge in [0.05, 0.1) is 18.8 Å². The van der Waals surface area contributed by atoms with Gasteiger partial charge >= 0.3 is 0 Å². The highest BCUT2D eigenvalue weighted by molar-refractivity contribution is 5.76. The first-order valence-corrected chi connectivity index (χ1v) is 8.18. The molecule has 1 saturated carbocycles. The summed E-state index contributed by atoms with van der Waals surface area (Å²) < 4.78 is 11.2. The van der Waals surface area contributed by atoms with Crippen LogP contribution in [0.25, 0.3) is 0 Å². The molecule has 4 atom stereocenters. The predicted octanol–water partition coefficient (Wildman–Crippen LogP) is 2.66. The monoisotopic (exact) mass is 283 g/mol. The molecule has 1 aliphatic heterocycles. The van der Waals surface area contributed by atoms with Crippen molar-refractivity contribution in [2.75, 3.05) is 13.7 Å². The van der Waals surface area contributed by atoms with E-state index in [1.807, 2.05) is 0 Å². The zero-order valence-electron chi connectivity index (χ0n) is 12.9. The van der Waals surface area contributed by atoms with Crippen LogP contribution in [0.5, 0.6) is 0 Å². The smallest absolute Gasteiger partial charge is 0.222 e. The van der Waals surface area contributed by atoms with Crippen molar-refractivity contribution < 1.29 is 14.3 Å². The molecule has 1 heterocycles. The lowest BCUT2D eigenvalue weighted by molar-refractivity contribution is -0.133. The summed E-state index contributed by atoms with van der Waals surface area (Å²) in [5.41, 5.74) is 0. The van der Waals surface area contributed by atoms with Crippen LogP contribution < -0.4 is 5.32 Å². The van der Waals surface area contributed by atoms with Gasteiger partial charge in [0.15, 0.2) is 0 Å². The highest BCUT2D eigenvalue weighted by Crippen LogP contribution is 2.37. The van der Waals surface area contributed by atoms with Crippen LogP contribution in [-0.4, -0.2) is 37.9 Å². The van der Waals surface area contributed by atoms with Gasteiger partial charge in [0.1, 0.15) is 0 Å². The third kappa shape index (κ3) is 4.19. The van der Waals surface area contributed by atoms with Crippen LogP contribution in [0, 0.1) is 5.92 Å². The number of rotatable bonds is 6. The second-order valence-corrected chi connectivity index (χ2v) is 6.19. The molecular weight excluding hydrogens is 254 g/mol. The molecule has 0 radical (unpaired) electrons. The van der Waals surface area contributed by atoms with Crippen LogP contribution in [-0.2, 0) is 14.3 Å². The number of amides is 1. The summed E-state index contributed by atoms with van der Waals surface area (Å²) in [5.74, 6) is 0.640. The number of methoxy groups -OCH3 is 1.